The summed E-state index contributed by atoms with van der Waals surface area (Å²) in [5, 5.41) is -0.0430. The first-order valence-corrected chi connectivity index (χ1v) is 13.3. The highest BCUT2D eigenvalue weighted by Crippen LogP contribution is 2.33. The summed E-state index contributed by atoms with van der Waals surface area (Å²) in [7, 11) is -2.22. The lowest BCUT2D eigenvalue weighted by atomic mass is 10.1. The second-order valence-electron chi connectivity index (χ2n) is 9.21. The number of amides is 1. The minimum atomic E-state index is -3.78. The van der Waals surface area contributed by atoms with Gasteiger partial charge in [0.25, 0.3) is 0 Å². The highest BCUT2D eigenvalue weighted by atomic mass is 32.2. The van der Waals surface area contributed by atoms with Crippen LogP contribution in [0, 0.1) is 17.7 Å². The van der Waals surface area contributed by atoms with Gasteiger partial charge in [-0.1, -0.05) is 25.0 Å². The molecule has 0 saturated heterocycles. The number of methoxy groups -OCH3 is 1. The lowest BCUT2D eigenvalue weighted by Crippen LogP contribution is -2.37. The highest BCUT2D eigenvalue weighted by molar-refractivity contribution is 7.90. The third-order valence-corrected chi connectivity index (χ3v) is 8.11. The fourth-order valence-corrected chi connectivity index (χ4v) is 6.04. The number of hydrogen-bond acceptors (Lipinski definition) is 5. The molecule has 2 fully saturated rings. The molecule has 0 aliphatic heterocycles. The first-order valence-electron chi connectivity index (χ1n) is 11.7. The molecule has 0 atom stereocenters. The Morgan fingerprint density at radius 1 is 1.18 bits per heavy atom. The van der Waals surface area contributed by atoms with Gasteiger partial charge in [-0.25, -0.2) is 17.8 Å². The maximum atomic E-state index is 13.2. The molecule has 2 aliphatic rings. The number of aromatic nitrogens is 2. The summed E-state index contributed by atoms with van der Waals surface area (Å²) in [6.45, 7) is 1.69. The lowest BCUT2D eigenvalue weighted by molar-refractivity contribution is -0.136. The molecule has 33 heavy (non-hydrogen) atoms. The second-order valence-corrected chi connectivity index (χ2v) is 11.1. The molecule has 2 saturated carbocycles. The van der Waals surface area contributed by atoms with Crippen molar-refractivity contribution in [3.63, 3.8) is 0 Å². The van der Waals surface area contributed by atoms with E-state index in [1.54, 1.807) is 17.9 Å². The minimum Gasteiger partial charge on any atom is -0.383 e. The van der Waals surface area contributed by atoms with Gasteiger partial charge >= 0.3 is 0 Å². The number of imidazole rings is 1. The molecule has 1 aromatic heterocycles. The summed E-state index contributed by atoms with van der Waals surface area (Å²) in [5.74, 6) is 0.0919. The Bertz CT molecular complexity index is 1060. The number of rotatable bonds is 11. The average Bonchev–Trinajstić information content (AvgIpc) is 3.26. The molecule has 9 heteroatoms. The first kappa shape index (κ1) is 23.9. The van der Waals surface area contributed by atoms with E-state index in [0.717, 1.165) is 38.5 Å². The molecular formula is C24H32FN3O4S. The number of halogens is 1. The lowest BCUT2D eigenvalue weighted by Gasteiger charge is -2.26. The molecule has 0 spiro atoms. The van der Waals surface area contributed by atoms with Gasteiger partial charge < -0.3 is 14.2 Å². The largest absolute Gasteiger partial charge is 0.383 e. The van der Waals surface area contributed by atoms with Gasteiger partial charge in [0.2, 0.25) is 20.9 Å². The predicted octanol–water partition coefficient (Wildman–Crippen LogP) is 3.57. The van der Waals surface area contributed by atoms with Crippen LogP contribution in [0.1, 0.15) is 49.8 Å². The van der Waals surface area contributed by atoms with Crippen LogP contribution in [0.4, 0.5) is 4.39 Å². The van der Waals surface area contributed by atoms with E-state index in [9.17, 15) is 17.6 Å². The van der Waals surface area contributed by atoms with Crippen molar-refractivity contribution in [3.05, 3.63) is 47.5 Å². The Balaban J connectivity index is 1.59. The number of sulfone groups is 1. The molecule has 7 nitrogen and oxygen atoms in total. The molecule has 2 aromatic rings. The number of carbonyl (C=O) groups excluding carboxylic acids is 1. The van der Waals surface area contributed by atoms with Crippen molar-refractivity contribution in [1.82, 2.24) is 14.5 Å². The van der Waals surface area contributed by atoms with E-state index in [2.05, 4.69) is 4.98 Å². The van der Waals surface area contributed by atoms with E-state index in [1.807, 2.05) is 4.90 Å². The fourth-order valence-electron chi connectivity index (χ4n) is 4.52. The van der Waals surface area contributed by atoms with Gasteiger partial charge in [0.1, 0.15) is 5.82 Å². The minimum absolute atomic E-state index is 0.0430. The van der Waals surface area contributed by atoms with Gasteiger partial charge in [-0.2, -0.15) is 0 Å². The van der Waals surface area contributed by atoms with Crippen LogP contribution in [0.3, 0.4) is 0 Å². The van der Waals surface area contributed by atoms with Gasteiger partial charge in [0, 0.05) is 26.1 Å². The van der Waals surface area contributed by atoms with Crippen molar-refractivity contribution in [3.8, 4) is 0 Å². The molecule has 1 aromatic carbocycles. The topological polar surface area (TPSA) is 81.5 Å². The van der Waals surface area contributed by atoms with Crippen LogP contribution < -0.4 is 0 Å². The van der Waals surface area contributed by atoms with Crippen molar-refractivity contribution in [2.75, 3.05) is 20.3 Å². The Labute approximate surface area is 194 Å². The summed E-state index contributed by atoms with van der Waals surface area (Å²) >= 11 is 0. The monoisotopic (exact) mass is 477 g/mol. The fraction of sp³-hybridized carbons (Fsp3) is 0.583. The van der Waals surface area contributed by atoms with E-state index in [0.29, 0.717) is 43.4 Å². The average molecular weight is 478 g/mol. The van der Waals surface area contributed by atoms with Gasteiger partial charge in [0.15, 0.2) is 0 Å². The molecule has 0 bridgehead atoms. The Morgan fingerprint density at radius 2 is 1.88 bits per heavy atom. The Hall–Kier alpha value is -2.26. The number of ether oxygens (including phenoxy) is 1. The van der Waals surface area contributed by atoms with E-state index >= 15 is 0 Å². The highest BCUT2D eigenvalue weighted by Gasteiger charge is 2.33. The number of benzene rings is 1. The maximum absolute atomic E-state index is 13.2. The molecule has 2 aliphatic carbocycles. The van der Waals surface area contributed by atoms with Crippen LogP contribution in [-0.2, 0) is 38.2 Å². The standard InChI is InChI=1S/C24H32FN3O4S/c1-32-13-12-28-22(16-27(15-18-6-7-18)23(29)20-4-2-3-5-20)14-26-24(28)33(30,31)17-19-8-10-21(25)11-9-19/h8-11,14,18,20H,2-7,12-13,15-17H2,1H3. The van der Waals surface area contributed by atoms with E-state index in [1.165, 1.54) is 24.3 Å². The van der Waals surface area contributed by atoms with Gasteiger partial charge in [0.05, 0.1) is 30.8 Å². The zero-order valence-corrected chi connectivity index (χ0v) is 19.9. The molecule has 0 unspecified atom stereocenters. The van der Waals surface area contributed by atoms with Crippen molar-refractivity contribution >= 4 is 15.7 Å². The summed E-state index contributed by atoms with van der Waals surface area (Å²) < 4.78 is 46.5. The van der Waals surface area contributed by atoms with Crippen LogP contribution in [0.5, 0.6) is 0 Å². The predicted molar refractivity (Wildman–Crippen MR) is 121 cm³/mol. The summed E-state index contributed by atoms with van der Waals surface area (Å²) in [6.07, 6.45) is 7.87. The summed E-state index contributed by atoms with van der Waals surface area (Å²) in [4.78, 5) is 19.4. The van der Waals surface area contributed by atoms with Crippen molar-refractivity contribution in [2.24, 2.45) is 11.8 Å². The molecular weight excluding hydrogens is 445 g/mol. The first-order chi connectivity index (χ1) is 15.9. The van der Waals surface area contributed by atoms with Gasteiger partial charge in [-0.15, -0.1) is 0 Å². The Kier molecular flexibility index (Phi) is 7.48. The van der Waals surface area contributed by atoms with Crippen LogP contribution in [-0.4, -0.2) is 49.0 Å². The smallest absolute Gasteiger partial charge is 0.228 e. The SMILES string of the molecule is COCCn1c(CN(CC2CC2)C(=O)C2CCCC2)cnc1S(=O)(=O)Cc1ccc(F)cc1. The quantitative estimate of drug-likeness (QED) is 0.494. The number of nitrogens with zero attached hydrogens (tertiary/aromatic N) is 3. The summed E-state index contributed by atoms with van der Waals surface area (Å²) in [5.41, 5.74) is 1.18. The van der Waals surface area contributed by atoms with Crippen LogP contribution in [0.25, 0.3) is 0 Å². The molecule has 0 N–H and O–H groups in total. The third-order valence-electron chi connectivity index (χ3n) is 6.51. The Morgan fingerprint density at radius 3 is 2.52 bits per heavy atom. The molecule has 180 valence electrons. The normalized spacial score (nSPS) is 16.9. The van der Waals surface area contributed by atoms with Gasteiger partial charge in [-0.05, 0) is 49.3 Å². The van der Waals surface area contributed by atoms with Crippen molar-refractivity contribution in [2.45, 2.75) is 62.5 Å². The van der Waals surface area contributed by atoms with E-state index < -0.39 is 15.7 Å². The molecule has 1 heterocycles. The van der Waals surface area contributed by atoms with Crippen LogP contribution >= 0.6 is 0 Å². The summed E-state index contributed by atoms with van der Waals surface area (Å²) in [6, 6.07) is 5.43. The van der Waals surface area contributed by atoms with Crippen molar-refractivity contribution in [1.29, 1.82) is 0 Å². The molecule has 0 radical (unpaired) electrons. The number of hydrogen-bond donors (Lipinski definition) is 0. The molecule has 4 rings (SSSR count). The van der Waals surface area contributed by atoms with E-state index in [-0.39, 0.29) is 22.7 Å². The second kappa shape index (κ2) is 10.3. The maximum Gasteiger partial charge on any atom is 0.228 e. The zero-order chi connectivity index (χ0) is 23.4. The van der Waals surface area contributed by atoms with E-state index in [4.69, 9.17) is 4.74 Å². The van der Waals surface area contributed by atoms with Gasteiger partial charge in [-0.3, -0.25) is 4.79 Å². The molecule has 1 amide bonds. The third kappa shape index (κ3) is 6.00. The van der Waals surface area contributed by atoms with Crippen LogP contribution in [0.15, 0.2) is 35.6 Å². The van der Waals surface area contributed by atoms with Crippen molar-refractivity contribution < 1.29 is 22.3 Å². The zero-order valence-electron chi connectivity index (χ0n) is 19.1. The number of carbonyl (C=O) groups is 1. The van der Waals surface area contributed by atoms with Crippen LogP contribution in [0.2, 0.25) is 0 Å².